The number of hydrogen-bond acceptors (Lipinski definition) is 3. The van der Waals surface area contributed by atoms with Crippen LogP contribution in [-0.4, -0.2) is 42.8 Å². The van der Waals surface area contributed by atoms with Crippen LogP contribution in [0.15, 0.2) is 46.9 Å². The predicted octanol–water partition coefficient (Wildman–Crippen LogP) is 3.92. The smallest absolute Gasteiger partial charge is 0.254 e. The van der Waals surface area contributed by atoms with Crippen molar-refractivity contribution in [2.75, 3.05) is 31.1 Å². The summed E-state index contributed by atoms with van der Waals surface area (Å²) in [7, 11) is 0. The molecule has 130 valence electrons. The van der Waals surface area contributed by atoms with Crippen molar-refractivity contribution < 1.29 is 9.59 Å². The van der Waals surface area contributed by atoms with Crippen molar-refractivity contribution in [3.05, 3.63) is 63.6 Å². The maximum absolute atomic E-state index is 12.7. The molecule has 5 heteroatoms. The van der Waals surface area contributed by atoms with E-state index in [4.69, 9.17) is 0 Å². The second kappa shape index (κ2) is 7.40. The molecule has 1 heterocycles. The average Bonchev–Trinajstić information content (AvgIpc) is 2.61. The largest absolute Gasteiger partial charge is 0.368 e. The number of carbonyl (C=O) groups excluding carboxylic acids is 2. The molecule has 0 aromatic heterocycles. The normalized spacial score (nSPS) is 14.5. The second-order valence-electron chi connectivity index (χ2n) is 6.34. The summed E-state index contributed by atoms with van der Waals surface area (Å²) in [6, 6.07) is 13.4. The zero-order valence-electron chi connectivity index (χ0n) is 14.5. The molecule has 0 saturated carbocycles. The summed E-state index contributed by atoms with van der Waals surface area (Å²) in [5.41, 5.74) is 3.57. The van der Waals surface area contributed by atoms with Gasteiger partial charge in [-0.3, -0.25) is 9.59 Å². The van der Waals surface area contributed by atoms with Gasteiger partial charge in [0.15, 0.2) is 5.78 Å². The van der Waals surface area contributed by atoms with Crippen molar-refractivity contribution in [2.24, 2.45) is 0 Å². The Labute approximate surface area is 156 Å². The monoisotopic (exact) mass is 400 g/mol. The molecular formula is C20H21BrN2O2. The quantitative estimate of drug-likeness (QED) is 0.732. The molecule has 0 bridgehead atoms. The topological polar surface area (TPSA) is 40.6 Å². The van der Waals surface area contributed by atoms with Gasteiger partial charge in [-0.1, -0.05) is 15.9 Å². The summed E-state index contributed by atoms with van der Waals surface area (Å²) >= 11 is 3.44. The van der Waals surface area contributed by atoms with Crippen LogP contribution in [0.1, 0.15) is 33.2 Å². The molecular weight excluding hydrogens is 380 g/mol. The van der Waals surface area contributed by atoms with Gasteiger partial charge in [0.05, 0.1) is 0 Å². The van der Waals surface area contributed by atoms with E-state index in [1.54, 1.807) is 6.92 Å². The van der Waals surface area contributed by atoms with Crippen molar-refractivity contribution in [3.8, 4) is 0 Å². The number of halogens is 1. The van der Waals surface area contributed by atoms with Crippen LogP contribution in [0.4, 0.5) is 5.69 Å². The van der Waals surface area contributed by atoms with Gasteiger partial charge in [0.25, 0.3) is 5.91 Å². The van der Waals surface area contributed by atoms with Gasteiger partial charge in [-0.15, -0.1) is 0 Å². The number of hydrogen-bond donors (Lipinski definition) is 0. The highest BCUT2D eigenvalue weighted by atomic mass is 79.9. The van der Waals surface area contributed by atoms with E-state index in [2.05, 4.69) is 20.8 Å². The van der Waals surface area contributed by atoms with Gasteiger partial charge in [0, 0.05) is 47.5 Å². The van der Waals surface area contributed by atoms with E-state index < -0.39 is 0 Å². The Balaban J connectivity index is 1.65. The Bertz CT molecular complexity index is 794. The van der Waals surface area contributed by atoms with Crippen molar-refractivity contribution >= 4 is 33.3 Å². The molecule has 1 saturated heterocycles. The molecule has 2 aromatic carbocycles. The van der Waals surface area contributed by atoms with Crippen LogP contribution in [0.5, 0.6) is 0 Å². The molecule has 1 aliphatic heterocycles. The number of benzene rings is 2. The standard InChI is InChI=1S/C20H21BrN2O2/c1-14-13-17(21)5-8-19(14)20(25)23-11-9-22(10-12-23)18-6-3-16(4-7-18)15(2)24/h3-8,13H,9-12H2,1-2H3. The fraction of sp³-hybridized carbons (Fsp3) is 0.300. The Hall–Kier alpha value is -2.14. The second-order valence-corrected chi connectivity index (χ2v) is 7.26. The number of aryl methyl sites for hydroxylation is 1. The molecule has 0 radical (unpaired) electrons. The van der Waals surface area contributed by atoms with Crippen LogP contribution >= 0.6 is 15.9 Å². The molecule has 0 aliphatic carbocycles. The number of anilines is 1. The van der Waals surface area contributed by atoms with E-state index in [0.29, 0.717) is 13.1 Å². The maximum atomic E-state index is 12.7. The highest BCUT2D eigenvalue weighted by Crippen LogP contribution is 2.21. The zero-order chi connectivity index (χ0) is 18.0. The highest BCUT2D eigenvalue weighted by Gasteiger charge is 2.23. The number of amides is 1. The Morgan fingerprint density at radius 2 is 1.60 bits per heavy atom. The molecule has 0 N–H and O–H groups in total. The zero-order valence-corrected chi connectivity index (χ0v) is 16.0. The summed E-state index contributed by atoms with van der Waals surface area (Å²) in [5.74, 6) is 0.170. The predicted molar refractivity (Wildman–Crippen MR) is 103 cm³/mol. The van der Waals surface area contributed by atoms with Gasteiger partial charge >= 0.3 is 0 Å². The fourth-order valence-corrected chi connectivity index (χ4v) is 3.59. The van der Waals surface area contributed by atoms with E-state index in [9.17, 15) is 9.59 Å². The average molecular weight is 401 g/mol. The first kappa shape index (κ1) is 17.7. The number of nitrogens with zero attached hydrogens (tertiary/aromatic N) is 2. The van der Waals surface area contributed by atoms with Crippen molar-refractivity contribution in [2.45, 2.75) is 13.8 Å². The van der Waals surface area contributed by atoms with E-state index in [1.807, 2.05) is 54.3 Å². The lowest BCUT2D eigenvalue weighted by molar-refractivity contribution is 0.0746. The van der Waals surface area contributed by atoms with Crippen molar-refractivity contribution in [1.29, 1.82) is 0 Å². The summed E-state index contributed by atoms with van der Waals surface area (Å²) in [6.07, 6.45) is 0. The number of ketones is 1. The van der Waals surface area contributed by atoms with Gasteiger partial charge < -0.3 is 9.80 Å². The molecule has 0 spiro atoms. The fourth-order valence-electron chi connectivity index (χ4n) is 3.11. The molecule has 25 heavy (non-hydrogen) atoms. The summed E-state index contributed by atoms with van der Waals surface area (Å²) in [4.78, 5) is 28.3. The lowest BCUT2D eigenvalue weighted by Crippen LogP contribution is -2.48. The lowest BCUT2D eigenvalue weighted by atomic mass is 10.1. The number of carbonyl (C=O) groups is 2. The minimum absolute atomic E-state index is 0.0758. The highest BCUT2D eigenvalue weighted by molar-refractivity contribution is 9.10. The van der Waals surface area contributed by atoms with Gasteiger partial charge in [-0.05, 0) is 61.9 Å². The third-order valence-electron chi connectivity index (χ3n) is 4.62. The van der Waals surface area contributed by atoms with E-state index in [1.165, 1.54) is 0 Å². The minimum atomic E-state index is 0.0758. The Morgan fingerprint density at radius 3 is 2.16 bits per heavy atom. The van der Waals surface area contributed by atoms with E-state index >= 15 is 0 Å². The molecule has 1 fully saturated rings. The van der Waals surface area contributed by atoms with Crippen LogP contribution in [-0.2, 0) is 0 Å². The Kier molecular flexibility index (Phi) is 5.23. The first-order chi connectivity index (χ1) is 12.0. The Morgan fingerprint density at radius 1 is 0.960 bits per heavy atom. The molecule has 1 aliphatic rings. The van der Waals surface area contributed by atoms with Crippen LogP contribution in [0.25, 0.3) is 0 Å². The van der Waals surface area contributed by atoms with Crippen molar-refractivity contribution in [1.82, 2.24) is 4.90 Å². The first-order valence-corrected chi connectivity index (χ1v) is 9.16. The van der Waals surface area contributed by atoms with Gasteiger partial charge in [-0.25, -0.2) is 0 Å². The van der Waals surface area contributed by atoms with Crippen LogP contribution in [0.3, 0.4) is 0 Å². The number of piperazine rings is 1. The molecule has 4 nitrogen and oxygen atoms in total. The van der Waals surface area contributed by atoms with Gasteiger partial charge in [0.2, 0.25) is 0 Å². The maximum Gasteiger partial charge on any atom is 0.254 e. The molecule has 0 unspecified atom stereocenters. The summed E-state index contributed by atoms with van der Waals surface area (Å²) in [6.45, 7) is 6.52. The molecule has 1 amide bonds. The summed E-state index contributed by atoms with van der Waals surface area (Å²) in [5, 5.41) is 0. The van der Waals surface area contributed by atoms with Crippen LogP contribution < -0.4 is 4.90 Å². The third-order valence-corrected chi connectivity index (χ3v) is 5.12. The summed E-state index contributed by atoms with van der Waals surface area (Å²) < 4.78 is 0.986. The molecule has 0 atom stereocenters. The van der Waals surface area contributed by atoms with E-state index in [-0.39, 0.29) is 11.7 Å². The molecule has 3 rings (SSSR count). The van der Waals surface area contributed by atoms with Crippen LogP contribution in [0.2, 0.25) is 0 Å². The third kappa shape index (κ3) is 3.93. The SMILES string of the molecule is CC(=O)c1ccc(N2CCN(C(=O)c3ccc(Br)cc3C)CC2)cc1. The van der Waals surface area contributed by atoms with Gasteiger partial charge in [-0.2, -0.15) is 0 Å². The molecule has 2 aromatic rings. The minimum Gasteiger partial charge on any atom is -0.368 e. The number of Topliss-reactive ketones (excluding diaryl/α,β-unsaturated/α-hetero) is 1. The van der Waals surface area contributed by atoms with Gasteiger partial charge in [0.1, 0.15) is 0 Å². The lowest BCUT2D eigenvalue weighted by Gasteiger charge is -2.36. The van der Waals surface area contributed by atoms with E-state index in [0.717, 1.165) is 39.9 Å². The first-order valence-electron chi connectivity index (χ1n) is 8.37. The van der Waals surface area contributed by atoms with Crippen LogP contribution in [0, 0.1) is 6.92 Å². The van der Waals surface area contributed by atoms with Crippen molar-refractivity contribution in [3.63, 3.8) is 0 Å². The number of rotatable bonds is 3.